The number of hydrogen-bond donors (Lipinski definition) is 0. The molecule has 2 nitrogen and oxygen atoms in total. The average molecular weight is 357 g/mol. The SMILES string of the molecule is C/C=C1/C(OC(C)=O)CC2C3CC=C4CC(C)CCC4(C)C3CCC12C. The highest BCUT2D eigenvalue weighted by Crippen LogP contribution is 2.66. The predicted octanol–water partition coefficient (Wildman–Crippen LogP) is 6.07. The molecule has 4 aliphatic carbocycles. The molecule has 7 atom stereocenters. The van der Waals surface area contributed by atoms with Crippen molar-refractivity contribution in [1.82, 2.24) is 0 Å². The molecule has 0 aromatic rings. The Morgan fingerprint density at radius 2 is 1.92 bits per heavy atom. The van der Waals surface area contributed by atoms with Gasteiger partial charge in [-0.2, -0.15) is 0 Å². The largest absolute Gasteiger partial charge is 0.458 e. The van der Waals surface area contributed by atoms with Crippen molar-refractivity contribution in [2.75, 3.05) is 0 Å². The van der Waals surface area contributed by atoms with Crippen molar-refractivity contribution in [1.29, 1.82) is 0 Å². The predicted molar refractivity (Wildman–Crippen MR) is 106 cm³/mol. The molecule has 0 heterocycles. The number of rotatable bonds is 1. The van der Waals surface area contributed by atoms with Gasteiger partial charge in [-0.3, -0.25) is 4.79 Å². The van der Waals surface area contributed by atoms with Crippen molar-refractivity contribution >= 4 is 5.97 Å². The molecule has 3 fully saturated rings. The van der Waals surface area contributed by atoms with Gasteiger partial charge >= 0.3 is 5.97 Å². The number of carbonyl (C=O) groups excluding carboxylic acids is 1. The summed E-state index contributed by atoms with van der Waals surface area (Å²) in [7, 11) is 0. The van der Waals surface area contributed by atoms with Gasteiger partial charge in [-0.15, -0.1) is 0 Å². The van der Waals surface area contributed by atoms with Crippen molar-refractivity contribution in [3.05, 3.63) is 23.3 Å². The summed E-state index contributed by atoms with van der Waals surface area (Å²) in [5, 5.41) is 0. The third kappa shape index (κ3) is 2.54. The van der Waals surface area contributed by atoms with Crippen molar-refractivity contribution in [3.8, 4) is 0 Å². The molecule has 0 bridgehead atoms. The Balaban J connectivity index is 1.67. The van der Waals surface area contributed by atoms with Crippen LogP contribution in [0.5, 0.6) is 0 Å². The molecule has 0 radical (unpaired) electrons. The zero-order chi connectivity index (χ0) is 18.7. The van der Waals surface area contributed by atoms with Crippen LogP contribution in [0.1, 0.15) is 79.6 Å². The maximum absolute atomic E-state index is 11.7. The zero-order valence-electron chi connectivity index (χ0n) is 17.3. The number of fused-ring (bicyclic) bond motifs is 5. The summed E-state index contributed by atoms with van der Waals surface area (Å²) in [6, 6.07) is 0. The minimum Gasteiger partial charge on any atom is -0.458 e. The molecule has 0 aromatic heterocycles. The number of hydrogen-bond acceptors (Lipinski definition) is 2. The lowest BCUT2D eigenvalue weighted by Crippen LogP contribution is -2.49. The Kier molecular flexibility index (Phi) is 4.40. The van der Waals surface area contributed by atoms with Crippen LogP contribution in [0, 0.1) is 34.5 Å². The quantitative estimate of drug-likeness (QED) is 0.421. The van der Waals surface area contributed by atoms with E-state index < -0.39 is 0 Å². The Hall–Kier alpha value is -1.05. The lowest BCUT2D eigenvalue weighted by Gasteiger charge is -2.57. The van der Waals surface area contributed by atoms with Crippen molar-refractivity contribution < 1.29 is 9.53 Å². The molecular weight excluding hydrogens is 320 g/mol. The molecule has 7 unspecified atom stereocenters. The summed E-state index contributed by atoms with van der Waals surface area (Å²) in [6.07, 6.45) is 13.8. The minimum atomic E-state index is -0.132. The molecule has 2 heteroatoms. The number of allylic oxidation sites excluding steroid dienone is 3. The lowest BCUT2D eigenvalue weighted by atomic mass is 9.47. The third-order valence-corrected chi connectivity index (χ3v) is 8.83. The van der Waals surface area contributed by atoms with Crippen molar-refractivity contribution in [3.63, 3.8) is 0 Å². The summed E-state index contributed by atoms with van der Waals surface area (Å²) in [6.45, 7) is 11.1. The summed E-state index contributed by atoms with van der Waals surface area (Å²) in [5.41, 5.74) is 3.81. The highest BCUT2D eigenvalue weighted by atomic mass is 16.5. The lowest BCUT2D eigenvalue weighted by molar-refractivity contribution is -0.144. The van der Waals surface area contributed by atoms with Crippen LogP contribution in [0.2, 0.25) is 0 Å². The second kappa shape index (κ2) is 6.24. The first-order valence-corrected chi connectivity index (χ1v) is 10.8. The molecule has 0 N–H and O–H groups in total. The molecule has 0 spiro atoms. The second-order valence-corrected chi connectivity index (χ2v) is 10.1. The Morgan fingerprint density at radius 3 is 2.62 bits per heavy atom. The van der Waals surface area contributed by atoms with E-state index in [9.17, 15) is 4.79 Å². The zero-order valence-corrected chi connectivity index (χ0v) is 17.3. The van der Waals surface area contributed by atoms with Gasteiger partial charge in [-0.25, -0.2) is 0 Å². The normalized spacial score (nSPS) is 49.0. The fourth-order valence-electron chi connectivity index (χ4n) is 7.51. The number of esters is 1. The van der Waals surface area contributed by atoms with Gasteiger partial charge in [0.05, 0.1) is 0 Å². The molecule has 0 aliphatic heterocycles. The molecule has 26 heavy (non-hydrogen) atoms. The summed E-state index contributed by atoms with van der Waals surface area (Å²) in [4.78, 5) is 11.7. The van der Waals surface area contributed by atoms with Gasteiger partial charge in [0, 0.05) is 6.92 Å². The maximum atomic E-state index is 11.7. The van der Waals surface area contributed by atoms with Gasteiger partial charge in [0.15, 0.2) is 0 Å². The molecular formula is C24H36O2. The maximum Gasteiger partial charge on any atom is 0.303 e. The van der Waals surface area contributed by atoms with E-state index in [4.69, 9.17) is 4.74 Å². The molecule has 4 rings (SSSR count). The smallest absolute Gasteiger partial charge is 0.303 e. The standard InChI is InChI=1S/C24H36O2/c1-6-19-22(26-16(3)25)14-21-18-8-7-17-13-15(2)9-11-23(17,4)20(18)10-12-24(19,21)5/h6-7,15,18,20-22H,8-14H2,1-5H3/b19-6-. The minimum absolute atomic E-state index is 0.0100. The first kappa shape index (κ1) is 18.3. The number of carbonyl (C=O) groups is 1. The van der Waals surface area contributed by atoms with E-state index in [1.807, 2.05) is 0 Å². The van der Waals surface area contributed by atoms with E-state index in [0.29, 0.717) is 11.3 Å². The van der Waals surface area contributed by atoms with Crippen LogP contribution in [0.4, 0.5) is 0 Å². The number of ether oxygens (including phenoxy) is 1. The van der Waals surface area contributed by atoms with E-state index in [-0.39, 0.29) is 17.5 Å². The van der Waals surface area contributed by atoms with Crippen LogP contribution in [0.15, 0.2) is 23.3 Å². The highest BCUT2D eigenvalue weighted by Gasteiger charge is 2.59. The van der Waals surface area contributed by atoms with Crippen molar-refractivity contribution in [2.24, 2.45) is 34.5 Å². The van der Waals surface area contributed by atoms with Gasteiger partial charge < -0.3 is 4.74 Å². The van der Waals surface area contributed by atoms with Crippen LogP contribution in [0.25, 0.3) is 0 Å². The fourth-order valence-corrected chi connectivity index (χ4v) is 7.51. The van der Waals surface area contributed by atoms with Crippen LogP contribution >= 0.6 is 0 Å². The molecule has 0 saturated heterocycles. The van der Waals surface area contributed by atoms with E-state index in [1.54, 1.807) is 12.5 Å². The molecule has 0 amide bonds. The van der Waals surface area contributed by atoms with E-state index in [1.165, 1.54) is 44.1 Å². The topological polar surface area (TPSA) is 26.3 Å². The second-order valence-electron chi connectivity index (χ2n) is 10.1. The van der Waals surface area contributed by atoms with Crippen LogP contribution in [-0.2, 0) is 9.53 Å². The molecule has 144 valence electrons. The van der Waals surface area contributed by atoms with E-state index >= 15 is 0 Å². The Bertz CT molecular complexity index is 659. The third-order valence-electron chi connectivity index (χ3n) is 8.83. The molecule has 3 saturated carbocycles. The summed E-state index contributed by atoms with van der Waals surface area (Å²) >= 11 is 0. The highest BCUT2D eigenvalue weighted by molar-refractivity contribution is 5.66. The monoisotopic (exact) mass is 356 g/mol. The average Bonchev–Trinajstić information content (AvgIpc) is 2.86. The van der Waals surface area contributed by atoms with Crippen LogP contribution < -0.4 is 0 Å². The Morgan fingerprint density at radius 1 is 1.19 bits per heavy atom. The van der Waals surface area contributed by atoms with Crippen LogP contribution in [0.3, 0.4) is 0 Å². The van der Waals surface area contributed by atoms with Gasteiger partial charge in [0.25, 0.3) is 0 Å². The Labute approximate surface area is 159 Å². The van der Waals surface area contributed by atoms with E-state index in [2.05, 4.69) is 39.8 Å². The van der Waals surface area contributed by atoms with E-state index in [0.717, 1.165) is 24.2 Å². The first-order valence-electron chi connectivity index (χ1n) is 10.8. The summed E-state index contributed by atoms with van der Waals surface area (Å²) in [5.74, 6) is 2.96. The van der Waals surface area contributed by atoms with Crippen molar-refractivity contribution in [2.45, 2.75) is 85.7 Å². The molecule has 4 aliphatic rings. The fraction of sp³-hybridized carbons (Fsp3) is 0.792. The summed E-state index contributed by atoms with van der Waals surface area (Å²) < 4.78 is 5.77. The van der Waals surface area contributed by atoms with Gasteiger partial charge in [-0.05, 0) is 91.9 Å². The first-order chi connectivity index (χ1) is 12.3. The van der Waals surface area contributed by atoms with Gasteiger partial charge in [0.1, 0.15) is 6.10 Å². The van der Waals surface area contributed by atoms with Gasteiger partial charge in [-0.1, -0.05) is 38.5 Å². The van der Waals surface area contributed by atoms with Crippen LogP contribution in [-0.4, -0.2) is 12.1 Å². The van der Waals surface area contributed by atoms with Gasteiger partial charge in [0.2, 0.25) is 0 Å². The molecule has 0 aromatic carbocycles.